The molecule has 0 aliphatic heterocycles. The lowest BCUT2D eigenvalue weighted by atomic mass is 10.1. The maximum Gasteiger partial charge on any atom is 0.340 e. The smallest absolute Gasteiger partial charge is 0.340 e. The van der Waals surface area contributed by atoms with Gasteiger partial charge >= 0.3 is 5.97 Å². The van der Waals surface area contributed by atoms with Crippen LogP contribution in [0.25, 0.3) is 0 Å². The van der Waals surface area contributed by atoms with E-state index in [2.05, 4.69) is 10.1 Å². The number of hydrogen-bond acceptors (Lipinski definition) is 3. The summed E-state index contributed by atoms with van der Waals surface area (Å²) in [6.07, 6.45) is 0.767. The van der Waals surface area contributed by atoms with Gasteiger partial charge in [0.25, 0.3) is 0 Å². The minimum Gasteiger partial charge on any atom is -0.465 e. The molecule has 1 amide bonds. The highest BCUT2D eigenvalue weighted by Crippen LogP contribution is 2.18. The van der Waals surface area contributed by atoms with Crippen LogP contribution in [0.5, 0.6) is 0 Å². The molecule has 6 heteroatoms. The van der Waals surface area contributed by atoms with Crippen LogP contribution in [-0.2, 0) is 9.53 Å². The first-order chi connectivity index (χ1) is 8.58. The van der Waals surface area contributed by atoms with Gasteiger partial charge in [-0.25, -0.2) is 9.18 Å². The molecule has 0 fully saturated rings. The topological polar surface area (TPSA) is 55.4 Å². The number of anilines is 1. The van der Waals surface area contributed by atoms with Crippen molar-refractivity contribution in [2.24, 2.45) is 0 Å². The van der Waals surface area contributed by atoms with E-state index in [1.54, 1.807) is 0 Å². The van der Waals surface area contributed by atoms with Crippen molar-refractivity contribution in [3.05, 3.63) is 29.6 Å². The lowest BCUT2D eigenvalue weighted by Crippen LogP contribution is -2.15. The van der Waals surface area contributed by atoms with Gasteiger partial charge in [0.2, 0.25) is 5.91 Å². The molecule has 0 aliphatic carbocycles. The second-order valence-electron chi connectivity index (χ2n) is 3.52. The molecule has 0 aromatic heterocycles. The van der Waals surface area contributed by atoms with E-state index in [9.17, 15) is 14.0 Å². The minimum atomic E-state index is -0.706. The van der Waals surface area contributed by atoms with Crippen molar-refractivity contribution in [1.29, 1.82) is 0 Å². The summed E-state index contributed by atoms with van der Waals surface area (Å²) in [6.45, 7) is 0. The number of alkyl halides is 1. The Labute approximate surface area is 109 Å². The van der Waals surface area contributed by atoms with E-state index in [4.69, 9.17) is 11.6 Å². The van der Waals surface area contributed by atoms with Gasteiger partial charge in [-0.15, -0.1) is 11.6 Å². The van der Waals surface area contributed by atoms with Gasteiger partial charge in [0.05, 0.1) is 18.4 Å². The van der Waals surface area contributed by atoms with Gasteiger partial charge in [-0.3, -0.25) is 4.79 Å². The molecule has 1 N–H and O–H groups in total. The van der Waals surface area contributed by atoms with Crippen LogP contribution < -0.4 is 5.32 Å². The highest BCUT2D eigenvalue weighted by Gasteiger charge is 2.14. The fourth-order valence-electron chi connectivity index (χ4n) is 1.34. The molecule has 1 aromatic carbocycles. The van der Waals surface area contributed by atoms with Gasteiger partial charge < -0.3 is 10.1 Å². The summed E-state index contributed by atoms with van der Waals surface area (Å²) in [5.41, 5.74) is 0.208. The van der Waals surface area contributed by atoms with E-state index in [0.29, 0.717) is 12.3 Å². The summed E-state index contributed by atoms with van der Waals surface area (Å²) in [5, 5.41) is 2.52. The lowest BCUT2D eigenvalue weighted by molar-refractivity contribution is -0.116. The molecular formula is C12H13ClFNO3. The monoisotopic (exact) mass is 273 g/mol. The largest absolute Gasteiger partial charge is 0.465 e. The number of carbonyl (C=O) groups excluding carboxylic acids is 2. The molecule has 1 rings (SSSR count). The van der Waals surface area contributed by atoms with E-state index in [0.717, 1.165) is 12.1 Å². The Morgan fingerprint density at radius 2 is 2.17 bits per heavy atom. The van der Waals surface area contributed by atoms with Crippen LogP contribution >= 0.6 is 11.6 Å². The standard InChI is InChI=1S/C12H13ClFNO3/c1-18-12(17)9-7-8(14)4-5-10(9)15-11(16)3-2-6-13/h4-5,7H,2-3,6H2,1H3,(H,15,16). The summed E-state index contributed by atoms with van der Waals surface area (Å²) in [4.78, 5) is 22.9. The van der Waals surface area contributed by atoms with E-state index in [1.165, 1.54) is 13.2 Å². The zero-order valence-electron chi connectivity index (χ0n) is 9.83. The van der Waals surface area contributed by atoms with Gasteiger partial charge in [-0.05, 0) is 24.6 Å². The van der Waals surface area contributed by atoms with Crippen LogP contribution in [0.4, 0.5) is 10.1 Å². The molecule has 0 unspecified atom stereocenters. The second kappa shape index (κ2) is 6.96. The van der Waals surface area contributed by atoms with Crippen molar-refractivity contribution in [3.8, 4) is 0 Å². The van der Waals surface area contributed by atoms with Crippen molar-refractivity contribution in [2.75, 3.05) is 18.3 Å². The molecule has 0 aliphatic rings. The van der Waals surface area contributed by atoms with Crippen LogP contribution in [0, 0.1) is 5.82 Å². The van der Waals surface area contributed by atoms with Gasteiger partial charge in [0, 0.05) is 12.3 Å². The average molecular weight is 274 g/mol. The quantitative estimate of drug-likeness (QED) is 0.663. The summed E-state index contributed by atoms with van der Waals surface area (Å²) in [6, 6.07) is 3.49. The number of carbonyl (C=O) groups is 2. The first-order valence-electron chi connectivity index (χ1n) is 5.32. The predicted molar refractivity (Wildman–Crippen MR) is 66.3 cm³/mol. The SMILES string of the molecule is COC(=O)c1cc(F)ccc1NC(=O)CCCCl. The molecule has 0 bridgehead atoms. The summed E-state index contributed by atoms with van der Waals surface area (Å²) < 4.78 is 17.6. The van der Waals surface area contributed by atoms with Gasteiger partial charge in [-0.1, -0.05) is 0 Å². The average Bonchev–Trinajstić information content (AvgIpc) is 2.37. The van der Waals surface area contributed by atoms with Crippen LogP contribution in [0.2, 0.25) is 0 Å². The molecule has 0 spiro atoms. The predicted octanol–water partition coefficient (Wildman–Crippen LogP) is 2.57. The van der Waals surface area contributed by atoms with E-state index < -0.39 is 11.8 Å². The zero-order chi connectivity index (χ0) is 13.5. The van der Waals surface area contributed by atoms with E-state index >= 15 is 0 Å². The van der Waals surface area contributed by atoms with E-state index in [1.807, 2.05) is 0 Å². The third kappa shape index (κ3) is 4.00. The van der Waals surface area contributed by atoms with Gasteiger partial charge in [0.1, 0.15) is 5.82 Å². The van der Waals surface area contributed by atoms with Crippen molar-refractivity contribution >= 4 is 29.2 Å². The number of methoxy groups -OCH3 is 1. The molecule has 4 nitrogen and oxygen atoms in total. The Morgan fingerprint density at radius 1 is 1.44 bits per heavy atom. The third-order valence-corrected chi connectivity index (χ3v) is 2.47. The minimum absolute atomic E-state index is 0.0169. The second-order valence-corrected chi connectivity index (χ2v) is 3.90. The molecule has 0 heterocycles. The van der Waals surface area contributed by atoms with Crippen molar-refractivity contribution < 1.29 is 18.7 Å². The highest BCUT2D eigenvalue weighted by atomic mass is 35.5. The van der Waals surface area contributed by atoms with Crippen LogP contribution in [0.3, 0.4) is 0 Å². The maximum absolute atomic E-state index is 13.0. The first-order valence-corrected chi connectivity index (χ1v) is 5.85. The Bertz CT molecular complexity index is 451. The molecule has 18 heavy (non-hydrogen) atoms. The van der Waals surface area contributed by atoms with Crippen molar-refractivity contribution in [2.45, 2.75) is 12.8 Å². The number of nitrogens with one attached hydrogen (secondary N) is 1. The molecule has 0 saturated carbocycles. The number of hydrogen-bond donors (Lipinski definition) is 1. The van der Waals surface area contributed by atoms with Crippen LogP contribution in [0.1, 0.15) is 23.2 Å². The number of esters is 1. The van der Waals surface area contributed by atoms with Crippen LogP contribution in [-0.4, -0.2) is 24.9 Å². The molecule has 0 radical (unpaired) electrons. The molecule has 0 saturated heterocycles. The molecule has 98 valence electrons. The van der Waals surface area contributed by atoms with Crippen LogP contribution in [0.15, 0.2) is 18.2 Å². The Kier molecular flexibility index (Phi) is 5.58. The number of amides is 1. The van der Waals surface area contributed by atoms with Gasteiger partial charge in [0.15, 0.2) is 0 Å². The fraction of sp³-hybridized carbons (Fsp3) is 0.333. The normalized spacial score (nSPS) is 9.94. The zero-order valence-corrected chi connectivity index (χ0v) is 10.6. The Hall–Kier alpha value is -1.62. The highest BCUT2D eigenvalue weighted by molar-refractivity contribution is 6.18. The fourth-order valence-corrected chi connectivity index (χ4v) is 1.48. The van der Waals surface area contributed by atoms with E-state index in [-0.39, 0.29) is 23.6 Å². The Balaban J connectivity index is 2.87. The maximum atomic E-state index is 13.0. The Morgan fingerprint density at radius 3 is 2.78 bits per heavy atom. The summed E-state index contributed by atoms with van der Waals surface area (Å²) in [5.74, 6) is -1.19. The van der Waals surface area contributed by atoms with Gasteiger partial charge in [-0.2, -0.15) is 0 Å². The first kappa shape index (κ1) is 14.4. The number of halogens is 2. The molecule has 1 aromatic rings. The number of benzene rings is 1. The molecule has 0 atom stereocenters. The lowest BCUT2D eigenvalue weighted by Gasteiger charge is -2.09. The van der Waals surface area contributed by atoms with Crippen molar-refractivity contribution in [3.63, 3.8) is 0 Å². The third-order valence-electron chi connectivity index (χ3n) is 2.20. The van der Waals surface area contributed by atoms with Crippen molar-refractivity contribution in [1.82, 2.24) is 0 Å². The number of ether oxygens (including phenoxy) is 1. The summed E-state index contributed by atoms with van der Waals surface area (Å²) >= 11 is 5.47. The number of rotatable bonds is 5. The summed E-state index contributed by atoms with van der Waals surface area (Å²) in [7, 11) is 1.19. The molecular weight excluding hydrogens is 261 g/mol.